The van der Waals surface area contributed by atoms with Gasteiger partial charge in [-0.1, -0.05) is 56.4 Å². The largest absolute Gasteiger partial charge is 0.497 e. The maximum atomic E-state index is 13.6. The molecule has 0 bridgehead atoms. The Balaban J connectivity index is 1.22. The van der Waals surface area contributed by atoms with E-state index in [-0.39, 0.29) is 17.9 Å². The molecule has 2 aliphatic heterocycles. The highest BCUT2D eigenvalue weighted by Gasteiger charge is 2.34. The molecule has 0 spiro atoms. The molecule has 2 fully saturated rings. The fourth-order valence-electron chi connectivity index (χ4n) is 5.98. The third-order valence-corrected chi connectivity index (χ3v) is 7.92. The summed E-state index contributed by atoms with van der Waals surface area (Å²) in [5, 5.41) is 3.39. The fourth-order valence-corrected chi connectivity index (χ4v) is 5.98. The van der Waals surface area contributed by atoms with Gasteiger partial charge in [0.15, 0.2) is 0 Å². The normalized spacial score (nSPS) is 22.0. The van der Waals surface area contributed by atoms with Gasteiger partial charge in [0.1, 0.15) is 17.2 Å². The zero-order chi connectivity index (χ0) is 23.3. The third-order valence-electron chi connectivity index (χ3n) is 7.92. The molecule has 182 valence electrons. The summed E-state index contributed by atoms with van der Waals surface area (Å²) in [5.74, 6) is 2.75. The molecule has 1 atom stereocenters. The van der Waals surface area contributed by atoms with Gasteiger partial charge in [0.05, 0.1) is 13.0 Å². The van der Waals surface area contributed by atoms with Gasteiger partial charge in [0, 0.05) is 42.9 Å². The summed E-state index contributed by atoms with van der Waals surface area (Å²) in [6.07, 6.45) is 11.9. The van der Waals surface area contributed by atoms with Crippen LogP contribution in [0, 0.1) is 5.92 Å². The topological polar surface area (TPSA) is 50.8 Å². The number of hydrogen-bond acceptors (Lipinski definition) is 4. The van der Waals surface area contributed by atoms with Crippen LogP contribution < -0.4 is 14.8 Å². The van der Waals surface area contributed by atoms with E-state index in [0.29, 0.717) is 5.75 Å². The number of carbonyl (C=O) groups is 1. The number of carbonyl (C=O) groups excluding carboxylic acids is 1. The number of nitrogens with one attached hydrogen (secondary N) is 1. The van der Waals surface area contributed by atoms with Gasteiger partial charge in [-0.2, -0.15) is 0 Å². The molecule has 1 N–H and O–H groups in total. The molecule has 3 aliphatic rings. The maximum absolute atomic E-state index is 13.6. The summed E-state index contributed by atoms with van der Waals surface area (Å²) < 4.78 is 11.5. The van der Waals surface area contributed by atoms with Gasteiger partial charge in [0.2, 0.25) is 5.91 Å². The molecule has 5 heteroatoms. The second-order valence-electron chi connectivity index (χ2n) is 10.3. The molecule has 0 aromatic heterocycles. The number of amides is 1. The number of rotatable bonds is 5. The van der Waals surface area contributed by atoms with Gasteiger partial charge in [-0.3, -0.25) is 4.79 Å². The van der Waals surface area contributed by atoms with Crippen LogP contribution >= 0.6 is 0 Å². The number of fused-ring (bicyclic) bond motifs is 2. The van der Waals surface area contributed by atoms with Crippen LogP contribution in [0.15, 0.2) is 42.5 Å². The van der Waals surface area contributed by atoms with E-state index in [1.165, 1.54) is 51.5 Å². The van der Waals surface area contributed by atoms with Crippen molar-refractivity contribution in [3.8, 4) is 17.2 Å². The summed E-state index contributed by atoms with van der Waals surface area (Å²) in [6, 6.07) is 13.8. The van der Waals surface area contributed by atoms with Crippen LogP contribution in [-0.2, 0) is 4.79 Å². The first kappa shape index (κ1) is 23.2. The van der Waals surface area contributed by atoms with E-state index >= 15 is 0 Å². The molecule has 0 radical (unpaired) electrons. The second-order valence-corrected chi connectivity index (χ2v) is 10.3. The standard InChI is InChI=1S/C29H38N2O3/c1-33-23-13-14-25-27(19-23)34-26-12-8-7-11-24(26)28(25)29(32)30-22-15-17-31(18-16-22)20-21-9-5-3-2-4-6-10-21/h7-8,11-14,19,21-22,28H,2-6,9-10,15-18,20H2,1H3,(H,30,32). The number of nitrogens with zero attached hydrogens (tertiary/aromatic N) is 1. The van der Waals surface area contributed by atoms with E-state index in [2.05, 4.69) is 10.2 Å². The summed E-state index contributed by atoms with van der Waals surface area (Å²) >= 11 is 0. The van der Waals surface area contributed by atoms with Crippen LogP contribution in [0.5, 0.6) is 17.2 Å². The minimum atomic E-state index is -0.362. The Morgan fingerprint density at radius 2 is 1.65 bits per heavy atom. The molecule has 1 saturated heterocycles. The number of hydrogen-bond donors (Lipinski definition) is 1. The van der Waals surface area contributed by atoms with Crippen molar-refractivity contribution in [2.45, 2.75) is 69.7 Å². The van der Waals surface area contributed by atoms with Gasteiger partial charge in [-0.15, -0.1) is 0 Å². The quantitative estimate of drug-likeness (QED) is 0.603. The highest BCUT2D eigenvalue weighted by Crippen LogP contribution is 2.45. The van der Waals surface area contributed by atoms with Crippen LogP contribution in [0.25, 0.3) is 0 Å². The van der Waals surface area contributed by atoms with Crippen LogP contribution in [0.2, 0.25) is 0 Å². The number of methoxy groups -OCH3 is 1. The van der Waals surface area contributed by atoms with Crippen LogP contribution in [-0.4, -0.2) is 43.6 Å². The van der Waals surface area contributed by atoms with E-state index in [1.54, 1.807) is 7.11 Å². The summed E-state index contributed by atoms with van der Waals surface area (Å²) in [4.78, 5) is 16.2. The Morgan fingerprint density at radius 3 is 2.41 bits per heavy atom. The minimum Gasteiger partial charge on any atom is -0.497 e. The van der Waals surface area contributed by atoms with E-state index in [4.69, 9.17) is 9.47 Å². The molecule has 1 aliphatic carbocycles. The first-order valence-corrected chi connectivity index (χ1v) is 13.2. The molecule has 1 amide bonds. The first-order chi connectivity index (χ1) is 16.7. The highest BCUT2D eigenvalue weighted by molar-refractivity contribution is 5.90. The van der Waals surface area contributed by atoms with Crippen LogP contribution in [0.3, 0.4) is 0 Å². The Kier molecular flexibility index (Phi) is 7.39. The zero-order valence-electron chi connectivity index (χ0n) is 20.4. The van der Waals surface area contributed by atoms with E-state index in [9.17, 15) is 4.79 Å². The maximum Gasteiger partial charge on any atom is 0.232 e. The minimum absolute atomic E-state index is 0.0700. The van der Waals surface area contributed by atoms with Crippen molar-refractivity contribution >= 4 is 5.91 Å². The molecule has 1 saturated carbocycles. The van der Waals surface area contributed by atoms with E-state index in [0.717, 1.165) is 54.5 Å². The van der Waals surface area contributed by atoms with Crippen molar-refractivity contribution in [3.05, 3.63) is 53.6 Å². The summed E-state index contributed by atoms with van der Waals surface area (Å²) in [7, 11) is 1.65. The van der Waals surface area contributed by atoms with E-state index in [1.807, 2.05) is 42.5 Å². The van der Waals surface area contributed by atoms with Crippen molar-refractivity contribution < 1.29 is 14.3 Å². The predicted molar refractivity (Wildman–Crippen MR) is 135 cm³/mol. The lowest BCUT2D eigenvalue weighted by Gasteiger charge is -2.36. The van der Waals surface area contributed by atoms with Crippen molar-refractivity contribution in [1.29, 1.82) is 0 Å². The molecule has 5 rings (SSSR count). The van der Waals surface area contributed by atoms with Crippen molar-refractivity contribution in [2.24, 2.45) is 5.92 Å². The molecular formula is C29H38N2O3. The monoisotopic (exact) mass is 462 g/mol. The Morgan fingerprint density at radius 1 is 0.941 bits per heavy atom. The number of benzene rings is 2. The van der Waals surface area contributed by atoms with Crippen molar-refractivity contribution in [3.63, 3.8) is 0 Å². The molecule has 1 unspecified atom stereocenters. The average Bonchev–Trinajstić information content (AvgIpc) is 2.84. The number of piperidine rings is 1. The number of likely N-dealkylation sites (tertiary alicyclic amines) is 1. The molecular weight excluding hydrogens is 424 g/mol. The van der Waals surface area contributed by atoms with Crippen molar-refractivity contribution in [2.75, 3.05) is 26.7 Å². The third kappa shape index (κ3) is 5.25. The van der Waals surface area contributed by atoms with Crippen LogP contribution in [0.4, 0.5) is 0 Å². The summed E-state index contributed by atoms with van der Waals surface area (Å²) in [5.41, 5.74) is 1.83. The van der Waals surface area contributed by atoms with Gasteiger partial charge in [-0.05, 0) is 43.7 Å². The zero-order valence-corrected chi connectivity index (χ0v) is 20.4. The van der Waals surface area contributed by atoms with Gasteiger partial charge in [-0.25, -0.2) is 0 Å². The predicted octanol–water partition coefficient (Wildman–Crippen LogP) is 5.87. The lowest BCUT2D eigenvalue weighted by atomic mass is 9.86. The molecule has 34 heavy (non-hydrogen) atoms. The SMILES string of the molecule is COc1ccc2c(c1)Oc1ccccc1C2C(=O)NC1CCN(CC2CCCCCCC2)CC1. The number of para-hydroxylation sites is 1. The molecule has 2 heterocycles. The van der Waals surface area contributed by atoms with Gasteiger partial charge in [0.25, 0.3) is 0 Å². The molecule has 2 aromatic rings. The summed E-state index contributed by atoms with van der Waals surface area (Å²) in [6.45, 7) is 3.41. The van der Waals surface area contributed by atoms with E-state index < -0.39 is 0 Å². The highest BCUT2D eigenvalue weighted by atomic mass is 16.5. The first-order valence-electron chi connectivity index (χ1n) is 13.2. The lowest BCUT2D eigenvalue weighted by Crippen LogP contribution is -2.47. The smallest absolute Gasteiger partial charge is 0.232 e. The Bertz CT molecular complexity index is 975. The lowest BCUT2D eigenvalue weighted by molar-refractivity contribution is -0.122. The van der Waals surface area contributed by atoms with Crippen LogP contribution in [0.1, 0.15) is 74.8 Å². The number of ether oxygens (including phenoxy) is 2. The Hall–Kier alpha value is -2.53. The Labute approximate surface area is 203 Å². The molecule has 5 nitrogen and oxygen atoms in total. The van der Waals surface area contributed by atoms with Crippen molar-refractivity contribution in [1.82, 2.24) is 10.2 Å². The van der Waals surface area contributed by atoms with Gasteiger partial charge >= 0.3 is 0 Å². The fraction of sp³-hybridized carbons (Fsp3) is 0.552. The average molecular weight is 463 g/mol. The van der Waals surface area contributed by atoms with Gasteiger partial charge < -0.3 is 19.7 Å². The second kappa shape index (κ2) is 10.8. The molecule has 2 aromatic carbocycles.